The van der Waals surface area contributed by atoms with Gasteiger partial charge in [-0.2, -0.15) is 0 Å². The molecule has 3 rings (SSSR count). The van der Waals surface area contributed by atoms with Crippen molar-refractivity contribution in [3.8, 4) is 0 Å². The molecule has 1 saturated carbocycles. The van der Waals surface area contributed by atoms with Gasteiger partial charge in [0.1, 0.15) is 6.10 Å². The summed E-state index contributed by atoms with van der Waals surface area (Å²) in [5.74, 6) is 0. The van der Waals surface area contributed by atoms with Crippen LogP contribution < -0.4 is 0 Å². The van der Waals surface area contributed by atoms with Crippen LogP contribution in [0.25, 0.3) is 0 Å². The van der Waals surface area contributed by atoms with Crippen molar-refractivity contribution < 1.29 is 9.84 Å². The molecule has 1 aliphatic carbocycles. The fourth-order valence-corrected chi connectivity index (χ4v) is 2.32. The first-order valence-corrected chi connectivity index (χ1v) is 5.56. The van der Waals surface area contributed by atoms with Crippen molar-refractivity contribution in [2.24, 2.45) is 0 Å². The smallest absolute Gasteiger partial charge is 0.122 e. The van der Waals surface area contributed by atoms with Crippen LogP contribution in [0.4, 0.5) is 0 Å². The molecule has 3 heteroatoms. The van der Waals surface area contributed by atoms with Gasteiger partial charge in [0.2, 0.25) is 0 Å². The van der Waals surface area contributed by atoms with Crippen LogP contribution in [-0.4, -0.2) is 21.8 Å². The van der Waals surface area contributed by atoms with Crippen LogP contribution in [0.5, 0.6) is 0 Å². The second-order valence-corrected chi connectivity index (χ2v) is 4.58. The number of hydrogen-bond donors (Lipinski definition) is 1. The largest absolute Gasteiger partial charge is 0.384 e. The van der Waals surface area contributed by atoms with Crippen LogP contribution in [0.15, 0.2) is 24.4 Å². The quantitative estimate of drug-likeness (QED) is 0.800. The Bertz CT molecular complexity index is 348. The van der Waals surface area contributed by atoms with Gasteiger partial charge in [-0.25, -0.2) is 0 Å². The van der Waals surface area contributed by atoms with Gasteiger partial charge in [0.15, 0.2) is 0 Å². The first-order chi connectivity index (χ1) is 7.29. The lowest BCUT2D eigenvalue weighted by molar-refractivity contribution is -0.0472. The van der Waals surface area contributed by atoms with Crippen LogP contribution in [0.3, 0.4) is 0 Å². The van der Waals surface area contributed by atoms with E-state index < -0.39 is 6.10 Å². The molecular weight excluding hydrogens is 190 g/mol. The number of pyridine rings is 1. The van der Waals surface area contributed by atoms with Crippen molar-refractivity contribution in [1.82, 2.24) is 4.98 Å². The average molecular weight is 205 g/mol. The molecule has 1 aromatic heterocycles. The fraction of sp³-hybridized carbons (Fsp3) is 0.583. The molecule has 2 aliphatic rings. The van der Waals surface area contributed by atoms with E-state index in [0.717, 1.165) is 18.5 Å². The molecule has 80 valence electrons. The van der Waals surface area contributed by atoms with E-state index >= 15 is 0 Å². The molecule has 0 amide bonds. The third-order valence-electron chi connectivity index (χ3n) is 3.44. The minimum atomic E-state index is -0.564. The molecule has 2 atom stereocenters. The van der Waals surface area contributed by atoms with Crippen molar-refractivity contribution in [2.75, 3.05) is 0 Å². The first-order valence-electron chi connectivity index (χ1n) is 5.56. The summed E-state index contributed by atoms with van der Waals surface area (Å²) in [6, 6.07) is 5.60. The zero-order chi connectivity index (χ0) is 10.3. The van der Waals surface area contributed by atoms with Gasteiger partial charge in [0, 0.05) is 6.20 Å². The van der Waals surface area contributed by atoms with E-state index in [1.165, 1.54) is 12.8 Å². The predicted molar refractivity (Wildman–Crippen MR) is 55.3 cm³/mol. The number of rotatable bonds is 2. The maximum absolute atomic E-state index is 10.1. The minimum absolute atomic E-state index is 0.0533. The highest BCUT2D eigenvalue weighted by molar-refractivity contribution is 5.11. The van der Waals surface area contributed by atoms with Crippen LogP contribution in [0.1, 0.15) is 37.5 Å². The van der Waals surface area contributed by atoms with Gasteiger partial charge in [0.25, 0.3) is 0 Å². The topological polar surface area (TPSA) is 42.4 Å². The van der Waals surface area contributed by atoms with E-state index in [1.807, 2.05) is 18.2 Å². The number of aliphatic hydroxyl groups is 1. The standard InChI is InChI=1S/C12H15NO2/c14-11(9-3-1-2-8-13-9)10-4-5-12(15-10)6-7-12/h1-3,8,10-11,14H,4-7H2/t10?,11-/m0/s1. The van der Waals surface area contributed by atoms with Crippen molar-refractivity contribution >= 4 is 0 Å². The van der Waals surface area contributed by atoms with Gasteiger partial charge < -0.3 is 9.84 Å². The zero-order valence-corrected chi connectivity index (χ0v) is 8.60. The lowest BCUT2D eigenvalue weighted by atomic mass is 10.1. The number of hydrogen-bond acceptors (Lipinski definition) is 3. The average Bonchev–Trinajstić information content (AvgIpc) is 2.90. The molecule has 2 fully saturated rings. The number of aliphatic hydroxyl groups excluding tert-OH is 1. The Morgan fingerprint density at radius 2 is 2.27 bits per heavy atom. The third-order valence-corrected chi connectivity index (χ3v) is 3.44. The summed E-state index contributed by atoms with van der Waals surface area (Å²) in [7, 11) is 0. The zero-order valence-electron chi connectivity index (χ0n) is 8.60. The van der Waals surface area contributed by atoms with Gasteiger partial charge in [-0.15, -0.1) is 0 Å². The van der Waals surface area contributed by atoms with Gasteiger partial charge in [-0.3, -0.25) is 4.98 Å². The van der Waals surface area contributed by atoms with Gasteiger partial charge in [-0.1, -0.05) is 6.07 Å². The lowest BCUT2D eigenvalue weighted by Crippen LogP contribution is -2.20. The Labute approximate surface area is 89.1 Å². The molecule has 0 bridgehead atoms. The Morgan fingerprint density at radius 1 is 1.40 bits per heavy atom. The van der Waals surface area contributed by atoms with Crippen molar-refractivity contribution in [3.05, 3.63) is 30.1 Å². The van der Waals surface area contributed by atoms with E-state index in [9.17, 15) is 5.11 Å². The summed E-state index contributed by atoms with van der Waals surface area (Å²) in [6.45, 7) is 0. The molecule has 1 N–H and O–H groups in total. The van der Waals surface area contributed by atoms with Crippen molar-refractivity contribution in [1.29, 1.82) is 0 Å². The molecule has 2 heterocycles. The maximum atomic E-state index is 10.1. The van der Waals surface area contributed by atoms with E-state index in [1.54, 1.807) is 6.20 Å². The summed E-state index contributed by atoms with van der Waals surface area (Å²) < 4.78 is 5.89. The van der Waals surface area contributed by atoms with Crippen LogP contribution >= 0.6 is 0 Å². The summed E-state index contributed by atoms with van der Waals surface area (Å²) in [6.07, 6.45) is 5.48. The monoisotopic (exact) mass is 205 g/mol. The molecule has 3 nitrogen and oxygen atoms in total. The lowest BCUT2D eigenvalue weighted by Gasteiger charge is -2.18. The Morgan fingerprint density at radius 3 is 2.87 bits per heavy atom. The molecule has 1 aromatic rings. The molecule has 1 aliphatic heterocycles. The number of aromatic nitrogens is 1. The molecule has 1 spiro atoms. The highest BCUT2D eigenvalue weighted by atomic mass is 16.5. The normalized spacial score (nSPS) is 29.3. The van der Waals surface area contributed by atoms with Crippen molar-refractivity contribution in [3.63, 3.8) is 0 Å². The Balaban J connectivity index is 1.73. The van der Waals surface area contributed by atoms with E-state index in [4.69, 9.17) is 4.74 Å². The molecule has 15 heavy (non-hydrogen) atoms. The van der Waals surface area contributed by atoms with Gasteiger partial charge in [0.05, 0.1) is 17.4 Å². The van der Waals surface area contributed by atoms with Crippen LogP contribution in [0, 0.1) is 0 Å². The van der Waals surface area contributed by atoms with E-state index in [-0.39, 0.29) is 11.7 Å². The van der Waals surface area contributed by atoms with Gasteiger partial charge in [-0.05, 0) is 37.8 Å². The number of ether oxygens (including phenoxy) is 1. The van der Waals surface area contributed by atoms with Crippen LogP contribution in [-0.2, 0) is 4.74 Å². The summed E-state index contributed by atoms with van der Waals surface area (Å²) >= 11 is 0. The van der Waals surface area contributed by atoms with E-state index in [2.05, 4.69) is 4.98 Å². The first kappa shape index (κ1) is 9.31. The summed E-state index contributed by atoms with van der Waals surface area (Å²) in [5.41, 5.74) is 0.862. The highest BCUT2D eigenvalue weighted by Gasteiger charge is 2.51. The maximum Gasteiger partial charge on any atom is 0.122 e. The van der Waals surface area contributed by atoms with Crippen molar-refractivity contribution in [2.45, 2.75) is 43.5 Å². The Kier molecular flexibility index (Phi) is 2.04. The van der Waals surface area contributed by atoms with Gasteiger partial charge >= 0.3 is 0 Å². The molecule has 0 radical (unpaired) electrons. The summed E-state index contributed by atoms with van der Waals surface area (Å²) in [4.78, 5) is 4.16. The molecular formula is C12H15NO2. The molecule has 1 unspecified atom stereocenters. The van der Waals surface area contributed by atoms with E-state index in [0.29, 0.717) is 0 Å². The fourth-order valence-electron chi connectivity index (χ4n) is 2.32. The highest BCUT2D eigenvalue weighted by Crippen LogP contribution is 2.51. The Hall–Kier alpha value is -0.930. The van der Waals surface area contributed by atoms with Crippen LogP contribution in [0.2, 0.25) is 0 Å². The number of nitrogens with zero attached hydrogens (tertiary/aromatic N) is 1. The summed E-state index contributed by atoms with van der Waals surface area (Å²) in [5, 5.41) is 10.1. The second kappa shape index (κ2) is 3.29. The third kappa shape index (κ3) is 1.66. The SMILES string of the molecule is O[C@@H](c1ccccn1)C1CCC2(CC2)O1. The molecule has 0 aromatic carbocycles. The predicted octanol–water partition coefficient (Wildman–Crippen LogP) is 1.83. The minimum Gasteiger partial charge on any atom is -0.384 e. The second-order valence-electron chi connectivity index (χ2n) is 4.58. The molecule has 1 saturated heterocycles.